The van der Waals surface area contributed by atoms with Crippen LogP contribution in [0.25, 0.3) is 0 Å². The van der Waals surface area contributed by atoms with Crippen molar-refractivity contribution < 1.29 is 4.39 Å². The molecule has 2 nitrogen and oxygen atoms in total. The molecule has 1 aliphatic heterocycles. The standard InChI is InChI=1S/C16H24ClFN2/c17-9-5-1-2-6-10-19-11-13-20(14-12-19)16-8-4-3-7-15(16)18/h3-4,7-8H,1-2,5-6,9-14H2. The van der Waals surface area contributed by atoms with E-state index in [2.05, 4.69) is 9.80 Å². The van der Waals surface area contributed by atoms with E-state index in [1.807, 2.05) is 12.1 Å². The summed E-state index contributed by atoms with van der Waals surface area (Å²) in [5.74, 6) is 0.670. The molecule has 1 fully saturated rings. The number of halogens is 2. The van der Waals surface area contributed by atoms with Gasteiger partial charge in [-0.15, -0.1) is 11.6 Å². The van der Waals surface area contributed by atoms with Gasteiger partial charge in [0.1, 0.15) is 5.82 Å². The minimum atomic E-state index is -0.109. The summed E-state index contributed by atoms with van der Waals surface area (Å²) in [6.07, 6.45) is 4.87. The van der Waals surface area contributed by atoms with Crippen LogP contribution < -0.4 is 4.90 Å². The summed E-state index contributed by atoms with van der Waals surface area (Å²) in [6, 6.07) is 7.06. The highest BCUT2D eigenvalue weighted by atomic mass is 35.5. The molecule has 112 valence electrons. The van der Waals surface area contributed by atoms with Crippen LogP contribution in [0, 0.1) is 5.82 Å². The highest BCUT2D eigenvalue weighted by Crippen LogP contribution is 2.20. The van der Waals surface area contributed by atoms with Crippen molar-refractivity contribution in [3.63, 3.8) is 0 Å². The summed E-state index contributed by atoms with van der Waals surface area (Å²) < 4.78 is 13.7. The molecule has 0 aliphatic carbocycles. The van der Waals surface area contributed by atoms with Gasteiger partial charge in [0.15, 0.2) is 0 Å². The molecule has 0 atom stereocenters. The van der Waals surface area contributed by atoms with E-state index >= 15 is 0 Å². The van der Waals surface area contributed by atoms with E-state index < -0.39 is 0 Å². The first-order valence-electron chi connectivity index (χ1n) is 7.59. The Morgan fingerprint density at radius 1 is 0.950 bits per heavy atom. The van der Waals surface area contributed by atoms with Gasteiger partial charge < -0.3 is 4.90 Å². The largest absolute Gasteiger partial charge is 0.367 e. The Kier molecular flexibility index (Phi) is 6.61. The second-order valence-corrected chi connectivity index (χ2v) is 5.76. The molecule has 1 saturated heterocycles. The number of hydrogen-bond donors (Lipinski definition) is 0. The lowest BCUT2D eigenvalue weighted by molar-refractivity contribution is 0.251. The molecule has 4 heteroatoms. The Balaban J connectivity index is 1.69. The fraction of sp³-hybridized carbons (Fsp3) is 0.625. The third-order valence-corrected chi connectivity index (χ3v) is 4.19. The molecule has 20 heavy (non-hydrogen) atoms. The summed E-state index contributed by atoms with van der Waals surface area (Å²) >= 11 is 5.67. The van der Waals surface area contributed by atoms with Gasteiger partial charge in [-0.3, -0.25) is 4.90 Å². The van der Waals surface area contributed by atoms with Crippen molar-refractivity contribution in [1.29, 1.82) is 0 Å². The van der Waals surface area contributed by atoms with Crippen molar-refractivity contribution in [2.75, 3.05) is 43.5 Å². The van der Waals surface area contributed by atoms with Crippen LogP contribution in [-0.2, 0) is 0 Å². The lowest BCUT2D eigenvalue weighted by Gasteiger charge is -2.36. The predicted molar refractivity (Wildman–Crippen MR) is 84.2 cm³/mol. The fourth-order valence-corrected chi connectivity index (χ4v) is 2.89. The van der Waals surface area contributed by atoms with Gasteiger partial charge in [-0.2, -0.15) is 0 Å². The number of hydrogen-bond acceptors (Lipinski definition) is 2. The number of piperazine rings is 1. The predicted octanol–water partition coefficient (Wildman–Crippen LogP) is 3.75. The molecule has 0 radical (unpaired) electrons. The number of unbranched alkanes of at least 4 members (excludes halogenated alkanes) is 3. The highest BCUT2D eigenvalue weighted by Gasteiger charge is 2.18. The van der Waals surface area contributed by atoms with Crippen molar-refractivity contribution in [2.45, 2.75) is 25.7 Å². The summed E-state index contributed by atoms with van der Waals surface area (Å²) in [6.45, 7) is 5.06. The molecule has 0 amide bonds. The Labute approximate surface area is 126 Å². The molecule has 0 spiro atoms. The Hall–Kier alpha value is -0.800. The van der Waals surface area contributed by atoms with E-state index in [1.54, 1.807) is 12.1 Å². The number of alkyl halides is 1. The zero-order valence-corrected chi connectivity index (χ0v) is 12.8. The molecular formula is C16H24ClFN2. The van der Waals surface area contributed by atoms with Gasteiger partial charge in [-0.1, -0.05) is 25.0 Å². The lowest BCUT2D eigenvalue weighted by atomic mass is 10.2. The summed E-state index contributed by atoms with van der Waals surface area (Å²) in [5.41, 5.74) is 0.745. The minimum Gasteiger partial charge on any atom is -0.367 e. The van der Waals surface area contributed by atoms with Crippen LogP contribution in [0.4, 0.5) is 10.1 Å². The van der Waals surface area contributed by atoms with Crippen molar-refractivity contribution in [1.82, 2.24) is 4.90 Å². The van der Waals surface area contributed by atoms with Gasteiger partial charge in [0.25, 0.3) is 0 Å². The van der Waals surface area contributed by atoms with Crippen LogP contribution in [0.5, 0.6) is 0 Å². The Morgan fingerprint density at radius 3 is 2.35 bits per heavy atom. The Bertz CT molecular complexity index is 392. The van der Waals surface area contributed by atoms with Gasteiger partial charge >= 0.3 is 0 Å². The SMILES string of the molecule is Fc1ccccc1N1CCN(CCCCCCCl)CC1. The maximum atomic E-state index is 13.7. The molecule has 0 saturated carbocycles. The Morgan fingerprint density at radius 2 is 1.65 bits per heavy atom. The molecule has 1 heterocycles. The van der Waals surface area contributed by atoms with Crippen LogP contribution in [-0.4, -0.2) is 43.5 Å². The molecule has 0 bridgehead atoms. The van der Waals surface area contributed by atoms with Crippen LogP contribution in [0.3, 0.4) is 0 Å². The molecule has 1 aromatic rings. The minimum absolute atomic E-state index is 0.109. The second kappa shape index (κ2) is 8.48. The number of para-hydroxylation sites is 1. The van der Waals surface area contributed by atoms with E-state index in [1.165, 1.54) is 19.3 Å². The van der Waals surface area contributed by atoms with Crippen LogP contribution in [0.2, 0.25) is 0 Å². The first-order chi connectivity index (χ1) is 9.81. The van der Waals surface area contributed by atoms with Gasteiger partial charge in [0.05, 0.1) is 5.69 Å². The number of anilines is 1. The van der Waals surface area contributed by atoms with Crippen LogP contribution >= 0.6 is 11.6 Å². The zero-order chi connectivity index (χ0) is 14.2. The lowest BCUT2D eigenvalue weighted by Crippen LogP contribution is -2.46. The first kappa shape index (κ1) is 15.6. The average molecular weight is 299 g/mol. The van der Waals surface area contributed by atoms with E-state index in [0.717, 1.165) is 50.7 Å². The molecule has 2 rings (SSSR count). The maximum absolute atomic E-state index is 13.7. The van der Waals surface area contributed by atoms with E-state index in [-0.39, 0.29) is 5.82 Å². The molecule has 1 aromatic carbocycles. The fourth-order valence-electron chi connectivity index (χ4n) is 2.70. The van der Waals surface area contributed by atoms with Gasteiger partial charge in [0, 0.05) is 32.1 Å². The topological polar surface area (TPSA) is 6.48 Å². The normalized spacial score (nSPS) is 16.6. The van der Waals surface area contributed by atoms with Gasteiger partial charge in [-0.05, 0) is 31.5 Å². The summed E-state index contributed by atoms with van der Waals surface area (Å²) in [5, 5.41) is 0. The van der Waals surface area contributed by atoms with E-state index in [0.29, 0.717) is 0 Å². The van der Waals surface area contributed by atoms with Gasteiger partial charge in [-0.25, -0.2) is 4.39 Å². The second-order valence-electron chi connectivity index (χ2n) is 5.38. The zero-order valence-electron chi connectivity index (χ0n) is 12.0. The first-order valence-corrected chi connectivity index (χ1v) is 8.12. The van der Waals surface area contributed by atoms with Crippen molar-refractivity contribution in [3.05, 3.63) is 30.1 Å². The monoisotopic (exact) mass is 298 g/mol. The van der Waals surface area contributed by atoms with Crippen LogP contribution in [0.1, 0.15) is 25.7 Å². The molecule has 1 aliphatic rings. The quantitative estimate of drug-likeness (QED) is 0.559. The molecule has 0 N–H and O–H groups in total. The molecule has 0 unspecified atom stereocenters. The van der Waals surface area contributed by atoms with Crippen LogP contribution in [0.15, 0.2) is 24.3 Å². The number of rotatable bonds is 7. The summed E-state index contributed by atoms with van der Waals surface area (Å²) in [7, 11) is 0. The highest BCUT2D eigenvalue weighted by molar-refractivity contribution is 6.17. The maximum Gasteiger partial charge on any atom is 0.146 e. The van der Waals surface area contributed by atoms with Crippen molar-refractivity contribution >= 4 is 17.3 Å². The smallest absolute Gasteiger partial charge is 0.146 e. The summed E-state index contributed by atoms with van der Waals surface area (Å²) in [4.78, 5) is 4.64. The number of benzene rings is 1. The third-order valence-electron chi connectivity index (χ3n) is 3.92. The number of nitrogens with zero attached hydrogens (tertiary/aromatic N) is 2. The molecular weight excluding hydrogens is 275 g/mol. The van der Waals surface area contributed by atoms with Crippen molar-refractivity contribution in [3.8, 4) is 0 Å². The van der Waals surface area contributed by atoms with E-state index in [4.69, 9.17) is 11.6 Å². The average Bonchev–Trinajstić information content (AvgIpc) is 2.48. The third kappa shape index (κ3) is 4.64. The molecule has 0 aromatic heterocycles. The van der Waals surface area contributed by atoms with Gasteiger partial charge in [0.2, 0.25) is 0 Å². The van der Waals surface area contributed by atoms with Crippen molar-refractivity contribution in [2.24, 2.45) is 0 Å². The van der Waals surface area contributed by atoms with E-state index in [9.17, 15) is 4.39 Å².